The van der Waals surface area contributed by atoms with Gasteiger partial charge >= 0.3 is 6.03 Å². The Bertz CT molecular complexity index is 695. The largest absolute Gasteiger partial charge is 0.331 e. The lowest BCUT2D eigenvalue weighted by atomic mass is 10.0. The van der Waals surface area contributed by atoms with Gasteiger partial charge < -0.3 is 10.6 Å². The van der Waals surface area contributed by atoms with Crippen LogP contribution in [0.4, 0.5) is 4.79 Å². The molecule has 0 fully saturated rings. The molecule has 2 heterocycles. The lowest BCUT2D eigenvalue weighted by Crippen LogP contribution is -2.40. The highest BCUT2D eigenvalue weighted by atomic mass is 35.5. The Morgan fingerprint density at radius 3 is 3.04 bits per heavy atom. The van der Waals surface area contributed by atoms with Crippen LogP contribution in [0.15, 0.2) is 47.5 Å². The van der Waals surface area contributed by atoms with E-state index in [9.17, 15) is 4.79 Å². The Labute approximate surface area is 145 Å². The van der Waals surface area contributed by atoms with Crippen molar-refractivity contribution in [1.82, 2.24) is 15.6 Å². The topological polar surface area (TPSA) is 54.0 Å². The molecular weight excluding hydrogens is 330 g/mol. The second-order valence-electron chi connectivity index (χ2n) is 5.47. The molecule has 23 heavy (non-hydrogen) atoms. The first-order valence-corrected chi connectivity index (χ1v) is 8.90. The number of carbonyl (C=O) groups is 1. The van der Waals surface area contributed by atoms with Crippen molar-refractivity contribution in [2.24, 2.45) is 0 Å². The molecule has 2 atom stereocenters. The number of fused-ring (bicyclic) bond motifs is 1. The summed E-state index contributed by atoms with van der Waals surface area (Å²) in [5, 5.41) is 6.68. The van der Waals surface area contributed by atoms with Gasteiger partial charge in [0, 0.05) is 21.9 Å². The van der Waals surface area contributed by atoms with Gasteiger partial charge in [0.25, 0.3) is 0 Å². The van der Waals surface area contributed by atoms with E-state index in [-0.39, 0.29) is 18.1 Å². The van der Waals surface area contributed by atoms with E-state index in [1.165, 1.54) is 4.90 Å². The summed E-state index contributed by atoms with van der Waals surface area (Å²) < 4.78 is 0. The van der Waals surface area contributed by atoms with Crippen molar-refractivity contribution in [2.75, 3.05) is 5.75 Å². The lowest BCUT2D eigenvalue weighted by Gasteiger charge is -2.27. The molecule has 2 amide bonds. The zero-order chi connectivity index (χ0) is 16.2. The predicted molar refractivity (Wildman–Crippen MR) is 93.9 cm³/mol. The Kier molecular flexibility index (Phi) is 5.08. The molecule has 2 N–H and O–H groups in total. The Hall–Kier alpha value is -1.72. The molecule has 0 bridgehead atoms. The minimum atomic E-state index is -0.189. The third-order valence-corrected chi connectivity index (χ3v) is 5.15. The fourth-order valence-electron chi connectivity index (χ4n) is 2.62. The van der Waals surface area contributed by atoms with Gasteiger partial charge in [-0.1, -0.05) is 17.7 Å². The van der Waals surface area contributed by atoms with Gasteiger partial charge in [-0.15, -0.1) is 11.8 Å². The number of hydrogen-bond acceptors (Lipinski definition) is 3. The number of carbonyl (C=O) groups excluding carboxylic acids is 1. The average molecular weight is 348 g/mol. The molecule has 0 unspecified atom stereocenters. The van der Waals surface area contributed by atoms with E-state index >= 15 is 0 Å². The van der Waals surface area contributed by atoms with Gasteiger partial charge in [-0.05, 0) is 49.2 Å². The number of aromatic nitrogens is 1. The van der Waals surface area contributed by atoms with E-state index < -0.39 is 0 Å². The maximum Gasteiger partial charge on any atom is 0.315 e. The van der Waals surface area contributed by atoms with Crippen molar-refractivity contribution < 1.29 is 4.79 Å². The van der Waals surface area contributed by atoms with Crippen LogP contribution < -0.4 is 10.6 Å². The van der Waals surface area contributed by atoms with Crippen LogP contribution in [0.3, 0.4) is 0 Å². The number of urea groups is 1. The lowest BCUT2D eigenvalue weighted by molar-refractivity contribution is 0.233. The summed E-state index contributed by atoms with van der Waals surface area (Å²) in [5.74, 6) is 0.982. The zero-order valence-electron chi connectivity index (χ0n) is 12.8. The second kappa shape index (κ2) is 7.23. The van der Waals surface area contributed by atoms with Crippen molar-refractivity contribution in [1.29, 1.82) is 0 Å². The molecule has 1 aliphatic heterocycles. The number of thioether (sulfide) groups is 1. The van der Waals surface area contributed by atoms with Crippen LogP contribution in [-0.2, 0) is 0 Å². The normalized spacial score (nSPS) is 17.9. The Morgan fingerprint density at radius 1 is 1.39 bits per heavy atom. The number of rotatable bonds is 3. The van der Waals surface area contributed by atoms with Crippen LogP contribution in [-0.4, -0.2) is 16.8 Å². The molecule has 120 valence electrons. The highest BCUT2D eigenvalue weighted by Gasteiger charge is 2.23. The highest BCUT2D eigenvalue weighted by molar-refractivity contribution is 7.99. The van der Waals surface area contributed by atoms with Crippen molar-refractivity contribution in [2.45, 2.75) is 30.3 Å². The summed E-state index contributed by atoms with van der Waals surface area (Å²) in [7, 11) is 0. The van der Waals surface area contributed by atoms with Crippen LogP contribution in [0.1, 0.15) is 36.7 Å². The van der Waals surface area contributed by atoms with E-state index in [2.05, 4.69) is 15.6 Å². The molecule has 1 aromatic carbocycles. The van der Waals surface area contributed by atoms with Gasteiger partial charge in [0.05, 0.1) is 17.8 Å². The van der Waals surface area contributed by atoms with Crippen molar-refractivity contribution >= 4 is 29.4 Å². The van der Waals surface area contributed by atoms with Crippen molar-refractivity contribution in [3.63, 3.8) is 0 Å². The number of benzene rings is 1. The van der Waals surface area contributed by atoms with E-state index in [1.807, 2.05) is 43.3 Å². The van der Waals surface area contributed by atoms with E-state index in [0.717, 1.165) is 23.4 Å². The van der Waals surface area contributed by atoms with Crippen molar-refractivity contribution in [3.05, 3.63) is 58.9 Å². The summed E-state index contributed by atoms with van der Waals surface area (Å²) in [6.07, 6.45) is 2.62. The number of halogens is 1. The fourth-order valence-corrected chi connectivity index (χ4v) is 3.90. The summed E-state index contributed by atoms with van der Waals surface area (Å²) >= 11 is 7.90. The molecule has 0 aliphatic carbocycles. The number of amides is 2. The number of nitrogens with one attached hydrogen (secondary N) is 2. The van der Waals surface area contributed by atoms with Crippen LogP contribution in [0.5, 0.6) is 0 Å². The summed E-state index contributed by atoms with van der Waals surface area (Å²) in [6, 6.07) is 11.2. The average Bonchev–Trinajstić information content (AvgIpc) is 2.56. The minimum absolute atomic E-state index is 0.0131. The van der Waals surface area contributed by atoms with E-state index in [4.69, 9.17) is 11.6 Å². The fraction of sp³-hybridized carbons (Fsp3) is 0.294. The summed E-state index contributed by atoms with van der Waals surface area (Å²) in [6.45, 7) is 1.92. The number of hydrogen-bond donors (Lipinski definition) is 2. The molecule has 6 heteroatoms. The monoisotopic (exact) mass is 347 g/mol. The van der Waals surface area contributed by atoms with Gasteiger partial charge in [-0.3, -0.25) is 4.98 Å². The maximum absolute atomic E-state index is 12.3. The van der Waals surface area contributed by atoms with Gasteiger partial charge in [0.15, 0.2) is 0 Å². The SMILES string of the molecule is C[C@H](NC(=O)N[C@H]1CCSc2ccc(Cl)cc21)c1ccccn1. The van der Waals surface area contributed by atoms with Crippen molar-refractivity contribution in [3.8, 4) is 0 Å². The van der Waals surface area contributed by atoms with E-state index in [1.54, 1.807) is 18.0 Å². The predicted octanol–water partition coefficient (Wildman–Crippen LogP) is 4.33. The zero-order valence-corrected chi connectivity index (χ0v) is 14.3. The second-order valence-corrected chi connectivity index (χ2v) is 7.04. The van der Waals surface area contributed by atoms with Crippen LogP contribution in [0.2, 0.25) is 5.02 Å². The number of pyridine rings is 1. The first-order chi connectivity index (χ1) is 11.1. The third kappa shape index (κ3) is 3.98. The first kappa shape index (κ1) is 16.1. The molecule has 0 saturated heterocycles. The third-order valence-electron chi connectivity index (χ3n) is 3.80. The highest BCUT2D eigenvalue weighted by Crippen LogP contribution is 2.37. The van der Waals surface area contributed by atoms with Gasteiger partial charge in [0.2, 0.25) is 0 Å². The van der Waals surface area contributed by atoms with Crippen LogP contribution in [0, 0.1) is 0 Å². The van der Waals surface area contributed by atoms with Gasteiger partial charge in [-0.25, -0.2) is 4.79 Å². The first-order valence-electron chi connectivity index (χ1n) is 7.53. The van der Waals surface area contributed by atoms with Crippen LogP contribution in [0.25, 0.3) is 0 Å². The molecule has 3 rings (SSSR count). The van der Waals surface area contributed by atoms with Gasteiger partial charge in [0.1, 0.15) is 0 Å². The minimum Gasteiger partial charge on any atom is -0.331 e. The number of nitrogens with zero attached hydrogens (tertiary/aromatic N) is 1. The molecule has 0 radical (unpaired) electrons. The molecule has 2 aromatic rings. The molecule has 1 aromatic heterocycles. The molecule has 0 spiro atoms. The van der Waals surface area contributed by atoms with Crippen LogP contribution >= 0.6 is 23.4 Å². The summed E-state index contributed by atoms with van der Waals surface area (Å²) in [5.41, 5.74) is 1.93. The van der Waals surface area contributed by atoms with E-state index in [0.29, 0.717) is 5.02 Å². The Balaban J connectivity index is 1.66. The molecular formula is C17H18ClN3OS. The smallest absolute Gasteiger partial charge is 0.315 e. The molecule has 0 saturated carbocycles. The molecule has 1 aliphatic rings. The quantitative estimate of drug-likeness (QED) is 0.868. The Morgan fingerprint density at radius 2 is 2.26 bits per heavy atom. The van der Waals surface area contributed by atoms with Gasteiger partial charge in [-0.2, -0.15) is 0 Å². The standard InChI is InChI=1S/C17H18ClN3OS/c1-11(14-4-2-3-8-19-14)20-17(22)21-15-7-9-23-16-6-5-12(18)10-13(15)16/h2-6,8,10-11,15H,7,9H2,1H3,(H2,20,21,22)/t11-,15-/m0/s1. The maximum atomic E-state index is 12.3. The molecule has 4 nitrogen and oxygen atoms in total. The summed E-state index contributed by atoms with van der Waals surface area (Å²) in [4.78, 5) is 17.7.